The average molecular weight is 208 g/mol. The first-order valence-electron chi connectivity index (χ1n) is 4.99. The highest BCUT2D eigenvalue weighted by Gasteiger charge is 2.01. The summed E-state index contributed by atoms with van der Waals surface area (Å²) >= 11 is 0. The molecule has 0 heterocycles. The lowest BCUT2D eigenvalue weighted by Gasteiger charge is -2.06. The van der Waals surface area contributed by atoms with Crippen molar-refractivity contribution in [3.63, 3.8) is 0 Å². The molecule has 0 saturated heterocycles. The standard InChI is InChI=1S/C12H16O3/c1-9(2)7-15-8-10-3-5-11(6-4-10)12(13)14/h3-6,9H,7-8H2,1-2H3,(H,13,14). The van der Waals surface area contributed by atoms with Crippen molar-refractivity contribution < 1.29 is 14.6 Å². The summed E-state index contributed by atoms with van der Waals surface area (Å²) < 4.78 is 5.43. The SMILES string of the molecule is CC(C)COCc1ccc(C(=O)O)cc1. The summed E-state index contributed by atoms with van der Waals surface area (Å²) in [5.74, 6) is -0.382. The van der Waals surface area contributed by atoms with Gasteiger partial charge in [0, 0.05) is 6.61 Å². The Kier molecular flexibility index (Phi) is 4.31. The maximum Gasteiger partial charge on any atom is 0.335 e. The van der Waals surface area contributed by atoms with Gasteiger partial charge in [-0.3, -0.25) is 0 Å². The lowest BCUT2D eigenvalue weighted by molar-refractivity contribution is 0.0696. The van der Waals surface area contributed by atoms with Gasteiger partial charge in [-0.05, 0) is 23.6 Å². The fraction of sp³-hybridized carbons (Fsp3) is 0.417. The van der Waals surface area contributed by atoms with E-state index in [0.29, 0.717) is 18.1 Å². The van der Waals surface area contributed by atoms with Crippen LogP contribution in [0.15, 0.2) is 24.3 Å². The van der Waals surface area contributed by atoms with Crippen LogP contribution < -0.4 is 0 Å². The zero-order valence-corrected chi connectivity index (χ0v) is 9.06. The van der Waals surface area contributed by atoms with Crippen LogP contribution in [-0.4, -0.2) is 17.7 Å². The summed E-state index contributed by atoms with van der Waals surface area (Å²) in [6, 6.07) is 6.75. The van der Waals surface area contributed by atoms with Crippen molar-refractivity contribution in [2.45, 2.75) is 20.5 Å². The third kappa shape index (κ3) is 4.13. The fourth-order valence-electron chi connectivity index (χ4n) is 1.16. The van der Waals surface area contributed by atoms with Crippen LogP contribution in [0.1, 0.15) is 29.8 Å². The van der Waals surface area contributed by atoms with Crippen molar-refractivity contribution in [3.05, 3.63) is 35.4 Å². The van der Waals surface area contributed by atoms with Gasteiger partial charge in [-0.25, -0.2) is 4.79 Å². The third-order valence-corrected chi connectivity index (χ3v) is 1.92. The lowest BCUT2D eigenvalue weighted by atomic mass is 10.1. The van der Waals surface area contributed by atoms with Gasteiger partial charge in [0.25, 0.3) is 0 Å². The highest BCUT2D eigenvalue weighted by molar-refractivity contribution is 5.87. The molecule has 0 radical (unpaired) electrons. The molecule has 1 N–H and O–H groups in total. The normalized spacial score (nSPS) is 10.6. The molecule has 0 bridgehead atoms. The molecule has 3 heteroatoms. The zero-order valence-electron chi connectivity index (χ0n) is 9.06. The lowest BCUT2D eigenvalue weighted by Crippen LogP contribution is -2.02. The van der Waals surface area contributed by atoms with Crippen molar-refractivity contribution in [1.82, 2.24) is 0 Å². The first-order valence-corrected chi connectivity index (χ1v) is 4.99. The van der Waals surface area contributed by atoms with Crippen molar-refractivity contribution >= 4 is 5.97 Å². The molecule has 1 aromatic carbocycles. The maximum absolute atomic E-state index is 10.6. The van der Waals surface area contributed by atoms with Gasteiger partial charge in [0.2, 0.25) is 0 Å². The van der Waals surface area contributed by atoms with E-state index in [0.717, 1.165) is 12.2 Å². The van der Waals surface area contributed by atoms with E-state index in [1.165, 1.54) is 0 Å². The Morgan fingerprint density at radius 1 is 1.33 bits per heavy atom. The van der Waals surface area contributed by atoms with Crippen LogP contribution in [0, 0.1) is 5.92 Å². The van der Waals surface area contributed by atoms with Gasteiger partial charge in [-0.1, -0.05) is 26.0 Å². The van der Waals surface area contributed by atoms with E-state index in [9.17, 15) is 4.79 Å². The Morgan fingerprint density at radius 2 is 1.93 bits per heavy atom. The number of carbonyl (C=O) groups is 1. The molecular weight excluding hydrogens is 192 g/mol. The predicted molar refractivity (Wildman–Crippen MR) is 57.9 cm³/mol. The predicted octanol–water partition coefficient (Wildman–Crippen LogP) is 2.56. The van der Waals surface area contributed by atoms with Gasteiger partial charge in [0.05, 0.1) is 12.2 Å². The molecular formula is C12H16O3. The molecule has 1 aromatic rings. The highest BCUT2D eigenvalue weighted by atomic mass is 16.5. The van der Waals surface area contributed by atoms with Gasteiger partial charge in [0.1, 0.15) is 0 Å². The summed E-state index contributed by atoms with van der Waals surface area (Å²) in [6.07, 6.45) is 0. The molecule has 0 aliphatic heterocycles. The quantitative estimate of drug-likeness (QED) is 0.808. The molecule has 0 unspecified atom stereocenters. The Balaban J connectivity index is 2.46. The Labute approximate surface area is 89.7 Å². The van der Waals surface area contributed by atoms with E-state index >= 15 is 0 Å². The van der Waals surface area contributed by atoms with Crippen LogP contribution in [-0.2, 0) is 11.3 Å². The van der Waals surface area contributed by atoms with Gasteiger partial charge >= 0.3 is 5.97 Å². The summed E-state index contributed by atoms with van der Waals surface area (Å²) in [4.78, 5) is 10.6. The number of rotatable bonds is 5. The molecule has 0 aliphatic rings. The summed E-state index contributed by atoms with van der Waals surface area (Å²) in [6.45, 7) is 5.44. The van der Waals surface area contributed by atoms with Crippen molar-refractivity contribution in [2.24, 2.45) is 5.92 Å². The zero-order chi connectivity index (χ0) is 11.3. The third-order valence-electron chi connectivity index (χ3n) is 1.92. The molecule has 82 valence electrons. The topological polar surface area (TPSA) is 46.5 Å². The molecule has 15 heavy (non-hydrogen) atoms. The summed E-state index contributed by atoms with van der Waals surface area (Å²) in [5, 5.41) is 8.69. The Hall–Kier alpha value is -1.35. The van der Waals surface area contributed by atoms with Gasteiger partial charge < -0.3 is 9.84 Å². The first-order chi connectivity index (χ1) is 7.09. The second-order valence-corrected chi connectivity index (χ2v) is 3.91. The Bertz CT molecular complexity index is 314. The number of benzene rings is 1. The van der Waals surface area contributed by atoms with Crippen molar-refractivity contribution in [3.8, 4) is 0 Å². The van der Waals surface area contributed by atoms with Crippen LogP contribution in [0.4, 0.5) is 0 Å². The van der Waals surface area contributed by atoms with Crippen LogP contribution in [0.5, 0.6) is 0 Å². The van der Waals surface area contributed by atoms with E-state index < -0.39 is 5.97 Å². The van der Waals surface area contributed by atoms with Gasteiger partial charge in [0.15, 0.2) is 0 Å². The molecule has 0 spiro atoms. The number of aromatic carboxylic acids is 1. The highest BCUT2D eigenvalue weighted by Crippen LogP contribution is 2.06. The minimum atomic E-state index is -0.898. The number of carboxylic acids is 1. The molecule has 1 rings (SSSR count). The van der Waals surface area contributed by atoms with Crippen LogP contribution >= 0.6 is 0 Å². The second kappa shape index (κ2) is 5.51. The average Bonchev–Trinajstić information content (AvgIpc) is 2.18. The van der Waals surface area contributed by atoms with E-state index in [2.05, 4.69) is 13.8 Å². The summed E-state index contributed by atoms with van der Waals surface area (Å²) in [7, 11) is 0. The van der Waals surface area contributed by atoms with E-state index in [1.807, 2.05) is 0 Å². The molecule has 0 saturated carbocycles. The second-order valence-electron chi connectivity index (χ2n) is 3.91. The number of hydrogen-bond acceptors (Lipinski definition) is 2. The fourth-order valence-corrected chi connectivity index (χ4v) is 1.16. The number of ether oxygens (including phenoxy) is 1. The van der Waals surface area contributed by atoms with Crippen LogP contribution in [0.2, 0.25) is 0 Å². The van der Waals surface area contributed by atoms with Gasteiger partial charge in [-0.2, -0.15) is 0 Å². The number of hydrogen-bond donors (Lipinski definition) is 1. The maximum atomic E-state index is 10.6. The molecule has 0 aromatic heterocycles. The van der Waals surface area contributed by atoms with Crippen molar-refractivity contribution in [1.29, 1.82) is 0 Å². The molecule has 0 fully saturated rings. The largest absolute Gasteiger partial charge is 0.478 e. The molecule has 0 amide bonds. The Morgan fingerprint density at radius 3 is 2.40 bits per heavy atom. The van der Waals surface area contributed by atoms with E-state index in [-0.39, 0.29) is 0 Å². The first kappa shape index (κ1) is 11.7. The van der Waals surface area contributed by atoms with Crippen molar-refractivity contribution in [2.75, 3.05) is 6.61 Å². The molecule has 0 aliphatic carbocycles. The smallest absolute Gasteiger partial charge is 0.335 e. The molecule has 3 nitrogen and oxygen atoms in total. The van der Waals surface area contributed by atoms with E-state index in [1.54, 1.807) is 24.3 Å². The summed E-state index contributed by atoms with van der Waals surface area (Å²) in [5.41, 5.74) is 1.31. The minimum Gasteiger partial charge on any atom is -0.478 e. The van der Waals surface area contributed by atoms with E-state index in [4.69, 9.17) is 9.84 Å². The monoisotopic (exact) mass is 208 g/mol. The number of carboxylic acid groups (broad SMARTS) is 1. The molecule has 0 atom stereocenters. The van der Waals surface area contributed by atoms with Crippen LogP contribution in [0.3, 0.4) is 0 Å². The minimum absolute atomic E-state index is 0.308. The van der Waals surface area contributed by atoms with Gasteiger partial charge in [-0.15, -0.1) is 0 Å². The van der Waals surface area contributed by atoms with Crippen LogP contribution in [0.25, 0.3) is 0 Å².